The van der Waals surface area contributed by atoms with E-state index in [-0.39, 0.29) is 16.8 Å². The molecular formula is C22H27N3O3S. The molecule has 0 atom stereocenters. The molecule has 29 heavy (non-hydrogen) atoms. The molecule has 1 amide bonds. The van der Waals surface area contributed by atoms with Gasteiger partial charge in [-0.05, 0) is 62.1 Å². The van der Waals surface area contributed by atoms with Crippen molar-refractivity contribution in [3.8, 4) is 0 Å². The van der Waals surface area contributed by atoms with E-state index in [0.29, 0.717) is 11.3 Å². The quantitative estimate of drug-likeness (QED) is 0.791. The lowest BCUT2D eigenvalue weighted by Crippen LogP contribution is -2.45. The standard InChI is InChI=1S/C22H27N3O3S/c1-24(19-5-3-2-4-6-19)29(27,28)21-11-7-17(8-12-21)22(26)23-18-13-15-25(16-14-18)20-9-10-20/h2-8,11-12,18,20H,9-10,13-16H2,1H3,(H,23,26). The molecule has 0 spiro atoms. The minimum atomic E-state index is -3.67. The van der Waals surface area contributed by atoms with E-state index in [4.69, 9.17) is 0 Å². The highest BCUT2D eigenvalue weighted by Gasteiger charge is 2.32. The van der Waals surface area contributed by atoms with E-state index in [1.807, 2.05) is 6.07 Å². The molecule has 0 aromatic heterocycles. The average Bonchev–Trinajstić information content (AvgIpc) is 3.60. The number of sulfonamides is 1. The summed E-state index contributed by atoms with van der Waals surface area (Å²) in [6.45, 7) is 2.08. The Morgan fingerprint density at radius 3 is 2.17 bits per heavy atom. The molecule has 4 rings (SSSR count). The number of benzene rings is 2. The van der Waals surface area contributed by atoms with Gasteiger partial charge in [0, 0.05) is 37.8 Å². The normalized spacial score (nSPS) is 18.4. The highest BCUT2D eigenvalue weighted by atomic mass is 32.2. The van der Waals surface area contributed by atoms with E-state index < -0.39 is 10.0 Å². The zero-order valence-electron chi connectivity index (χ0n) is 16.6. The van der Waals surface area contributed by atoms with Crippen molar-refractivity contribution >= 4 is 21.6 Å². The Labute approximate surface area is 172 Å². The Balaban J connectivity index is 1.38. The Morgan fingerprint density at radius 2 is 1.59 bits per heavy atom. The second-order valence-corrected chi connectivity index (χ2v) is 9.82. The molecule has 7 heteroatoms. The zero-order chi connectivity index (χ0) is 20.4. The molecule has 2 aliphatic rings. The van der Waals surface area contributed by atoms with Gasteiger partial charge in [0.2, 0.25) is 0 Å². The number of para-hydroxylation sites is 1. The number of hydrogen-bond acceptors (Lipinski definition) is 4. The molecular weight excluding hydrogens is 386 g/mol. The van der Waals surface area contributed by atoms with Crippen molar-refractivity contribution in [2.75, 3.05) is 24.4 Å². The van der Waals surface area contributed by atoms with E-state index in [1.54, 1.807) is 36.4 Å². The Morgan fingerprint density at radius 1 is 0.966 bits per heavy atom. The van der Waals surface area contributed by atoms with E-state index >= 15 is 0 Å². The van der Waals surface area contributed by atoms with Gasteiger partial charge in [0.05, 0.1) is 10.6 Å². The molecule has 1 aliphatic carbocycles. The molecule has 1 N–H and O–H groups in total. The lowest BCUT2D eigenvalue weighted by Gasteiger charge is -2.32. The van der Waals surface area contributed by atoms with Gasteiger partial charge in [-0.1, -0.05) is 18.2 Å². The molecule has 154 valence electrons. The number of nitrogens with zero attached hydrogens (tertiary/aromatic N) is 2. The molecule has 2 aromatic carbocycles. The van der Waals surface area contributed by atoms with Crippen molar-refractivity contribution in [3.05, 3.63) is 60.2 Å². The van der Waals surface area contributed by atoms with Crippen LogP contribution in [0, 0.1) is 0 Å². The van der Waals surface area contributed by atoms with Gasteiger partial charge in [0.25, 0.3) is 15.9 Å². The summed E-state index contributed by atoms with van der Waals surface area (Å²) in [4.78, 5) is 15.3. The number of rotatable bonds is 6. The van der Waals surface area contributed by atoms with Crippen molar-refractivity contribution in [3.63, 3.8) is 0 Å². The molecule has 1 saturated carbocycles. The van der Waals surface area contributed by atoms with Crippen molar-refractivity contribution in [2.45, 2.75) is 42.7 Å². The number of carbonyl (C=O) groups excluding carboxylic acids is 1. The number of amides is 1. The number of hydrogen-bond donors (Lipinski definition) is 1. The van der Waals surface area contributed by atoms with Gasteiger partial charge in [-0.2, -0.15) is 0 Å². The summed E-state index contributed by atoms with van der Waals surface area (Å²) in [6.07, 6.45) is 4.56. The third kappa shape index (κ3) is 4.46. The highest BCUT2D eigenvalue weighted by Crippen LogP contribution is 2.29. The monoisotopic (exact) mass is 413 g/mol. The summed E-state index contributed by atoms with van der Waals surface area (Å²) in [5.74, 6) is -0.143. The van der Waals surface area contributed by atoms with Crippen LogP contribution in [0.3, 0.4) is 0 Å². The largest absolute Gasteiger partial charge is 0.349 e. The third-order valence-electron chi connectivity index (χ3n) is 5.82. The van der Waals surface area contributed by atoms with Crippen LogP contribution in [0.25, 0.3) is 0 Å². The first kappa shape index (κ1) is 19.9. The fraction of sp³-hybridized carbons (Fsp3) is 0.409. The fourth-order valence-corrected chi connectivity index (χ4v) is 5.03. The Kier molecular flexibility index (Phi) is 5.61. The maximum Gasteiger partial charge on any atom is 0.264 e. The van der Waals surface area contributed by atoms with Gasteiger partial charge >= 0.3 is 0 Å². The van der Waals surface area contributed by atoms with E-state index in [9.17, 15) is 13.2 Å². The maximum atomic E-state index is 12.8. The van der Waals surface area contributed by atoms with E-state index in [0.717, 1.165) is 32.0 Å². The van der Waals surface area contributed by atoms with Crippen LogP contribution >= 0.6 is 0 Å². The maximum absolute atomic E-state index is 12.8. The van der Waals surface area contributed by atoms with Crippen molar-refractivity contribution in [2.24, 2.45) is 0 Å². The molecule has 0 unspecified atom stereocenters. The zero-order valence-corrected chi connectivity index (χ0v) is 17.4. The lowest BCUT2D eigenvalue weighted by atomic mass is 10.0. The summed E-state index contributed by atoms with van der Waals surface area (Å²) in [7, 11) is -2.15. The summed E-state index contributed by atoms with van der Waals surface area (Å²) in [5.41, 5.74) is 1.07. The van der Waals surface area contributed by atoms with Gasteiger partial charge in [-0.15, -0.1) is 0 Å². The van der Waals surface area contributed by atoms with E-state index in [1.165, 1.54) is 36.3 Å². The van der Waals surface area contributed by atoms with Gasteiger partial charge < -0.3 is 10.2 Å². The third-order valence-corrected chi connectivity index (χ3v) is 7.62. The first-order valence-corrected chi connectivity index (χ1v) is 11.6. The second kappa shape index (κ2) is 8.16. The van der Waals surface area contributed by atoms with Gasteiger partial charge in [-0.25, -0.2) is 8.42 Å². The summed E-state index contributed by atoms with van der Waals surface area (Å²) < 4.78 is 26.9. The van der Waals surface area contributed by atoms with Gasteiger partial charge in [0.1, 0.15) is 0 Å². The molecule has 1 aliphatic heterocycles. The Bertz CT molecular complexity index is 949. The number of piperidine rings is 1. The van der Waals surface area contributed by atoms with Gasteiger partial charge in [-0.3, -0.25) is 9.10 Å². The highest BCUT2D eigenvalue weighted by molar-refractivity contribution is 7.92. The van der Waals surface area contributed by atoms with Crippen LogP contribution < -0.4 is 9.62 Å². The SMILES string of the molecule is CN(c1ccccc1)S(=O)(=O)c1ccc(C(=O)NC2CCN(C3CC3)CC2)cc1. The summed E-state index contributed by atoms with van der Waals surface area (Å²) in [5, 5.41) is 3.10. The van der Waals surface area contributed by atoms with Crippen LogP contribution in [0.15, 0.2) is 59.5 Å². The Hall–Kier alpha value is -2.38. The molecule has 1 saturated heterocycles. The molecule has 1 heterocycles. The minimum Gasteiger partial charge on any atom is -0.349 e. The molecule has 0 bridgehead atoms. The van der Waals surface area contributed by atoms with Crippen LogP contribution in [0.1, 0.15) is 36.0 Å². The van der Waals surface area contributed by atoms with Crippen LogP contribution in [0.2, 0.25) is 0 Å². The predicted octanol–water partition coefficient (Wildman–Crippen LogP) is 2.87. The van der Waals surface area contributed by atoms with E-state index in [2.05, 4.69) is 10.2 Å². The van der Waals surface area contributed by atoms with Crippen molar-refractivity contribution in [1.29, 1.82) is 0 Å². The first-order valence-electron chi connectivity index (χ1n) is 10.1. The average molecular weight is 414 g/mol. The van der Waals surface area contributed by atoms with Crippen LogP contribution in [-0.4, -0.2) is 51.4 Å². The smallest absolute Gasteiger partial charge is 0.264 e. The molecule has 6 nitrogen and oxygen atoms in total. The topological polar surface area (TPSA) is 69.7 Å². The first-order chi connectivity index (χ1) is 13.9. The predicted molar refractivity (Wildman–Crippen MR) is 114 cm³/mol. The van der Waals surface area contributed by atoms with Crippen molar-refractivity contribution < 1.29 is 13.2 Å². The molecule has 0 radical (unpaired) electrons. The molecule has 2 fully saturated rings. The van der Waals surface area contributed by atoms with Crippen LogP contribution in [0.5, 0.6) is 0 Å². The number of anilines is 1. The molecule has 2 aromatic rings. The number of nitrogens with one attached hydrogen (secondary N) is 1. The summed E-state index contributed by atoms with van der Waals surface area (Å²) in [6, 6.07) is 16.0. The van der Waals surface area contributed by atoms with Gasteiger partial charge in [0.15, 0.2) is 0 Å². The number of likely N-dealkylation sites (tertiary alicyclic amines) is 1. The van der Waals surface area contributed by atoms with Crippen molar-refractivity contribution in [1.82, 2.24) is 10.2 Å². The minimum absolute atomic E-state index is 0.143. The number of carbonyl (C=O) groups is 1. The van der Waals surface area contributed by atoms with Crippen LogP contribution in [-0.2, 0) is 10.0 Å². The van der Waals surface area contributed by atoms with Crippen LogP contribution in [0.4, 0.5) is 5.69 Å². The second-order valence-electron chi connectivity index (χ2n) is 7.85. The summed E-state index contributed by atoms with van der Waals surface area (Å²) >= 11 is 0. The fourth-order valence-electron chi connectivity index (χ4n) is 3.83. The lowest BCUT2D eigenvalue weighted by molar-refractivity contribution is 0.0909.